The molecule has 0 aromatic heterocycles. The molecule has 0 atom stereocenters. The molecule has 0 nitrogen and oxygen atoms in total. The van der Waals surface area contributed by atoms with Gasteiger partial charge in [-0.2, -0.15) is 0 Å². The van der Waals surface area contributed by atoms with Crippen molar-refractivity contribution in [2.24, 2.45) is 0 Å². The van der Waals surface area contributed by atoms with Crippen molar-refractivity contribution >= 4 is 34.8 Å². The third-order valence-electron chi connectivity index (χ3n) is 1.26. The molecule has 0 fully saturated rings. The highest BCUT2D eigenvalue weighted by Gasteiger charge is 2.15. The van der Waals surface area contributed by atoms with Crippen molar-refractivity contribution in [3.63, 3.8) is 0 Å². The summed E-state index contributed by atoms with van der Waals surface area (Å²) in [6.07, 6.45) is 0. The number of hydrogen-bond donors (Lipinski definition) is 0. The van der Waals surface area contributed by atoms with Crippen LogP contribution >= 0.6 is 34.8 Å². The van der Waals surface area contributed by atoms with Crippen molar-refractivity contribution in [2.75, 3.05) is 0 Å². The second-order valence-electron chi connectivity index (χ2n) is 2.08. The van der Waals surface area contributed by atoms with Crippen molar-refractivity contribution in [1.29, 1.82) is 0 Å². The molecule has 0 aliphatic carbocycles. The first-order chi connectivity index (χ1) is 5.52. The Bertz CT molecular complexity index is 276. The fourth-order valence-electron chi connectivity index (χ4n) is 0.762. The summed E-state index contributed by atoms with van der Waals surface area (Å²) in [6, 6.07) is 1.64. The largest absolute Gasteiger partial charge is 0.207 e. The van der Waals surface area contributed by atoms with Crippen LogP contribution in [-0.4, -0.2) is 0 Å². The highest BCUT2D eigenvalue weighted by atomic mass is 35.5. The first-order valence-electron chi connectivity index (χ1n) is 2.95. The first kappa shape index (κ1) is 10.0. The van der Waals surface area contributed by atoms with Crippen LogP contribution in [0.3, 0.4) is 0 Å². The van der Waals surface area contributed by atoms with Crippen molar-refractivity contribution < 1.29 is 8.78 Å². The Balaban J connectivity index is 3.28. The summed E-state index contributed by atoms with van der Waals surface area (Å²) in [5, 5.41) is -0.109. The molecule has 1 aromatic rings. The van der Waals surface area contributed by atoms with Gasteiger partial charge in [0, 0.05) is 11.6 Å². The quantitative estimate of drug-likeness (QED) is 0.639. The van der Waals surface area contributed by atoms with Crippen LogP contribution in [0, 0.1) is 11.6 Å². The fourth-order valence-corrected chi connectivity index (χ4v) is 1.62. The third kappa shape index (κ3) is 2.00. The zero-order valence-corrected chi connectivity index (χ0v) is 7.89. The van der Waals surface area contributed by atoms with Crippen LogP contribution in [0.4, 0.5) is 8.78 Å². The van der Waals surface area contributed by atoms with Crippen molar-refractivity contribution in [3.05, 3.63) is 34.4 Å². The molecular formula is C7H3Cl3F2. The van der Waals surface area contributed by atoms with Gasteiger partial charge in [0.2, 0.25) is 0 Å². The predicted molar refractivity (Wildman–Crippen MR) is 45.8 cm³/mol. The minimum atomic E-state index is -1.09. The van der Waals surface area contributed by atoms with E-state index in [0.29, 0.717) is 6.07 Å². The van der Waals surface area contributed by atoms with Crippen molar-refractivity contribution in [2.45, 2.75) is 4.84 Å². The molecule has 0 N–H and O–H groups in total. The van der Waals surface area contributed by atoms with E-state index in [1.807, 2.05) is 0 Å². The molecular weight excluding hydrogens is 228 g/mol. The maximum absolute atomic E-state index is 12.9. The van der Waals surface area contributed by atoms with Gasteiger partial charge >= 0.3 is 0 Å². The molecule has 1 rings (SSSR count). The summed E-state index contributed by atoms with van der Waals surface area (Å²) in [4.78, 5) is -1.09. The maximum atomic E-state index is 12.9. The second kappa shape index (κ2) is 3.77. The zero-order chi connectivity index (χ0) is 9.30. The van der Waals surface area contributed by atoms with Crippen LogP contribution in [0.25, 0.3) is 0 Å². The number of rotatable bonds is 1. The molecule has 0 aliphatic rings. The summed E-state index contributed by atoms with van der Waals surface area (Å²) < 4.78 is 25.3. The molecule has 0 saturated heterocycles. The average Bonchev–Trinajstić information content (AvgIpc) is 1.82. The summed E-state index contributed by atoms with van der Waals surface area (Å²) in [6.45, 7) is 0. The Labute approximate surface area is 83.0 Å². The zero-order valence-electron chi connectivity index (χ0n) is 5.62. The topological polar surface area (TPSA) is 0 Å². The minimum absolute atomic E-state index is 0.0959. The lowest BCUT2D eigenvalue weighted by molar-refractivity contribution is 0.576. The Morgan fingerprint density at radius 1 is 1.17 bits per heavy atom. The van der Waals surface area contributed by atoms with E-state index >= 15 is 0 Å². The number of benzene rings is 1. The fraction of sp³-hybridized carbons (Fsp3) is 0.143. The highest BCUT2D eigenvalue weighted by molar-refractivity contribution is 6.45. The standard InChI is InChI=1S/C7H3Cl3F2/c8-4-1-3(11)2-5(12)6(4)7(9)10/h1-2,7H. The molecule has 12 heavy (non-hydrogen) atoms. The highest BCUT2D eigenvalue weighted by Crippen LogP contribution is 2.33. The Morgan fingerprint density at radius 3 is 2.17 bits per heavy atom. The summed E-state index contributed by atoms with van der Waals surface area (Å²) >= 11 is 16.3. The Morgan fingerprint density at radius 2 is 1.75 bits per heavy atom. The van der Waals surface area contributed by atoms with E-state index in [-0.39, 0.29) is 10.6 Å². The van der Waals surface area contributed by atoms with E-state index in [4.69, 9.17) is 34.8 Å². The molecule has 5 heteroatoms. The van der Waals surface area contributed by atoms with Crippen molar-refractivity contribution in [1.82, 2.24) is 0 Å². The second-order valence-corrected chi connectivity index (χ2v) is 3.59. The van der Waals surface area contributed by atoms with E-state index in [2.05, 4.69) is 0 Å². The van der Waals surface area contributed by atoms with Crippen LogP contribution in [0.15, 0.2) is 12.1 Å². The van der Waals surface area contributed by atoms with E-state index < -0.39 is 16.5 Å². The van der Waals surface area contributed by atoms with Crippen LogP contribution in [0.1, 0.15) is 10.4 Å². The van der Waals surface area contributed by atoms with Crippen LogP contribution < -0.4 is 0 Å². The van der Waals surface area contributed by atoms with Gasteiger partial charge in [0.1, 0.15) is 16.5 Å². The molecule has 0 heterocycles. The molecule has 1 aromatic carbocycles. The molecule has 0 unspecified atom stereocenters. The molecule has 66 valence electrons. The van der Waals surface area contributed by atoms with Gasteiger partial charge in [-0.25, -0.2) is 8.78 Å². The van der Waals surface area contributed by atoms with Crippen LogP contribution in [0.2, 0.25) is 5.02 Å². The number of halogens is 5. The first-order valence-corrected chi connectivity index (χ1v) is 4.20. The van der Waals surface area contributed by atoms with E-state index in [9.17, 15) is 8.78 Å². The smallest absolute Gasteiger partial charge is 0.137 e. The average molecular weight is 231 g/mol. The van der Waals surface area contributed by atoms with E-state index in [1.165, 1.54) is 0 Å². The maximum Gasteiger partial charge on any atom is 0.137 e. The van der Waals surface area contributed by atoms with Crippen LogP contribution in [0.5, 0.6) is 0 Å². The van der Waals surface area contributed by atoms with Gasteiger partial charge in [-0.05, 0) is 6.07 Å². The van der Waals surface area contributed by atoms with Crippen LogP contribution in [-0.2, 0) is 0 Å². The molecule has 0 aliphatic heterocycles. The number of alkyl halides is 2. The normalized spacial score (nSPS) is 10.8. The van der Waals surface area contributed by atoms with Gasteiger partial charge < -0.3 is 0 Å². The Hall–Kier alpha value is -0.0500. The van der Waals surface area contributed by atoms with Gasteiger partial charge in [-0.1, -0.05) is 34.8 Å². The van der Waals surface area contributed by atoms with Gasteiger partial charge in [0.15, 0.2) is 0 Å². The minimum Gasteiger partial charge on any atom is -0.207 e. The third-order valence-corrected chi connectivity index (χ3v) is 2.01. The van der Waals surface area contributed by atoms with Gasteiger partial charge in [-0.15, -0.1) is 0 Å². The lowest BCUT2D eigenvalue weighted by Crippen LogP contribution is -1.92. The van der Waals surface area contributed by atoms with Gasteiger partial charge in [-0.3, -0.25) is 0 Å². The SMILES string of the molecule is Fc1cc(F)c(C(Cl)Cl)c(Cl)c1. The van der Waals surface area contributed by atoms with E-state index in [1.54, 1.807) is 0 Å². The molecule has 0 spiro atoms. The Kier molecular flexibility index (Phi) is 3.16. The molecule has 0 bridgehead atoms. The number of hydrogen-bond acceptors (Lipinski definition) is 0. The lowest BCUT2D eigenvalue weighted by atomic mass is 10.2. The summed E-state index contributed by atoms with van der Waals surface area (Å²) in [7, 11) is 0. The lowest BCUT2D eigenvalue weighted by Gasteiger charge is -2.05. The molecule has 0 saturated carbocycles. The van der Waals surface area contributed by atoms with Crippen molar-refractivity contribution in [3.8, 4) is 0 Å². The molecule has 0 radical (unpaired) electrons. The molecule has 0 amide bonds. The summed E-state index contributed by atoms with van der Waals surface area (Å²) in [5.74, 6) is -1.59. The monoisotopic (exact) mass is 230 g/mol. The van der Waals surface area contributed by atoms with E-state index in [0.717, 1.165) is 6.07 Å². The van der Waals surface area contributed by atoms with Gasteiger partial charge in [0.25, 0.3) is 0 Å². The predicted octanol–water partition coefficient (Wildman–Crippen LogP) is 4.09. The summed E-state index contributed by atoms with van der Waals surface area (Å²) in [5.41, 5.74) is -0.0959. The van der Waals surface area contributed by atoms with Gasteiger partial charge in [0.05, 0.1) is 5.02 Å².